The van der Waals surface area contributed by atoms with Gasteiger partial charge in [-0.1, -0.05) is 29.8 Å². The molecule has 1 amide bonds. The Morgan fingerprint density at radius 2 is 1.90 bits per heavy atom. The fraction of sp³-hybridized carbons (Fsp3) is 0.235. The number of methoxy groups -OCH3 is 1. The number of benzene rings is 2. The van der Waals surface area contributed by atoms with E-state index in [1.54, 1.807) is 19.2 Å². The molecule has 0 aliphatic carbocycles. The van der Waals surface area contributed by atoms with Crippen molar-refractivity contribution in [1.82, 2.24) is 5.32 Å². The van der Waals surface area contributed by atoms with Crippen LogP contribution in [0.5, 0.6) is 5.75 Å². The summed E-state index contributed by atoms with van der Waals surface area (Å²) in [6.07, 6.45) is 0.763. The van der Waals surface area contributed by atoms with Crippen LogP contribution in [0.3, 0.4) is 0 Å². The molecule has 0 spiro atoms. The lowest BCUT2D eigenvalue weighted by Crippen LogP contribution is -2.26. The molecule has 2 rings (SSSR count). The maximum absolute atomic E-state index is 12.1. The zero-order valence-corrected chi connectivity index (χ0v) is 12.9. The SMILES string of the molecule is COc1ccc(CCNC(=O)c2ccc(C)cc2Cl)cc1. The third-order valence-corrected chi connectivity index (χ3v) is 3.54. The van der Waals surface area contributed by atoms with E-state index >= 15 is 0 Å². The lowest BCUT2D eigenvalue weighted by atomic mass is 10.1. The van der Waals surface area contributed by atoms with Crippen LogP contribution in [0, 0.1) is 6.92 Å². The number of amides is 1. The van der Waals surface area contributed by atoms with Crippen LogP contribution >= 0.6 is 11.6 Å². The first-order chi connectivity index (χ1) is 10.1. The molecule has 2 aromatic carbocycles. The molecule has 0 atom stereocenters. The minimum absolute atomic E-state index is 0.145. The molecule has 21 heavy (non-hydrogen) atoms. The third kappa shape index (κ3) is 4.23. The van der Waals surface area contributed by atoms with Crippen LogP contribution in [0.15, 0.2) is 42.5 Å². The number of hydrogen-bond acceptors (Lipinski definition) is 2. The molecule has 0 bridgehead atoms. The first kappa shape index (κ1) is 15.4. The van der Waals surface area contributed by atoms with Crippen molar-refractivity contribution in [2.24, 2.45) is 0 Å². The highest BCUT2D eigenvalue weighted by Gasteiger charge is 2.09. The Balaban J connectivity index is 1.88. The van der Waals surface area contributed by atoms with E-state index in [1.807, 2.05) is 37.3 Å². The minimum atomic E-state index is -0.145. The molecule has 0 aliphatic heterocycles. The summed E-state index contributed by atoms with van der Waals surface area (Å²) in [4.78, 5) is 12.1. The molecule has 3 nitrogen and oxygen atoms in total. The fourth-order valence-corrected chi connectivity index (χ4v) is 2.33. The van der Waals surface area contributed by atoms with Gasteiger partial charge < -0.3 is 10.1 Å². The quantitative estimate of drug-likeness (QED) is 0.916. The van der Waals surface area contributed by atoms with E-state index in [0.29, 0.717) is 17.1 Å². The van der Waals surface area contributed by atoms with Crippen LogP contribution in [0.2, 0.25) is 5.02 Å². The van der Waals surface area contributed by atoms with Gasteiger partial charge >= 0.3 is 0 Å². The molecule has 0 saturated carbocycles. The molecule has 0 heterocycles. The molecule has 0 unspecified atom stereocenters. The van der Waals surface area contributed by atoms with Crippen molar-refractivity contribution in [2.75, 3.05) is 13.7 Å². The van der Waals surface area contributed by atoms with Gasteiger partial charge in [-0.3, -0.25) is 4.79 Å². The standard InChI is InChI=1S/C17H18ClNO2/c1-12-3-8-15(16(18)11-12)17(20)19-10-9-13-4-6-14(21-2)7-5-13/h3-8,11H,9-10H2,1-2H3,(H,19,20). The fourth-order valence-electron chi connectivity index (χ4n) is 2.01. The second-order valence-corrected chi connectivity index (χ2v) is 5.24. The molecular weight excluding hydrogens is 286 g/mol. The van der Waals surface area contributed by atoms with Crippen LogP contribution < -0.4 is 10.1 Å². The van der Waals surface area contributed by atoms with Crippen LogP contribution in [-0.2, 0) is 6.42 Å². The first-order valence-corrected chi connectivity index (χ1v) is 7.15. The number of ether oxygens (including phenoxy) is 1. The Morgan fingerprint density at radius 1 is 1.19 bits per heavy atom. The Morgan fingerprint density at radius 3 is 2.52 bits per heavy atom. The van der Waals surface area contributed by atoms with Crippen LogP contribution in [0.4, 0.5) is 0 Å². The predicted octanol–water partition coefficient (Wildman–Crippen LogP) is 3.63. The normalized spacial score (nSPS) is 10.2. The summed E-state index contributed by atoms with van der Waals surface area (Å²) in [5, 5.41) is 3.36. The summed E-state index contributed by atoms with van der Waals surface area (Å²) in [5.41, 5.74) is 2.69. The summed E-state index contributed by atoms with van der Waals surface area (Å²) < 4.78 is 5.11. The zero-order valence-electron chi connectivity index (χ0n) is 12.2. The summed E-state index contributed by atoms with van der Waals surface area (Å²) in [5.74, 6) is 0.683. The molecule has 0 saturated heterocycles. The van der Waals surface area contributed by atoms with Gasteiger partial charge in [-0.15, -0.1) is 0 Å². The smallest absolute Gasteiger partial charge is 0.252 e. The van der Waals surface area contributed by atoms with Gasteiger partial charge in [-0.05, 0) is 48.7 Å². The molecule has 110 valence electrons. The molecule has 4 heteroatoms. The topological polar surface area (TPSA) is 38.3 Å². The van der Waals surface area contributed by atoms with E-state index in [4.69, 9.17) is 16.3 Å². The Hall–Kier alpha value is -2.00. The van der Waals surface area contributed by atoms with E-state index in [9.17, 15) is 4.79 Å². The number of hydrogen-bond donors (Lipinski definition) is 1. The zero-order chi connectivity index (χ0) is 15.2. The molecule has 0 aliphatic rings. The highest BCUT2D eigenvalue weighted by atomic mass is 35.5. The molecule has 2 aromatic rings. The lowest BCUT2D eigenvalue weighted by molar-refractivity contribution is 0.0954. The van der Waals surface area contributed by atoms with E-state index in [-0.39, 0.29) is 5.91 Å². The second-order valence-electron chi connectivity index (χ2n) is 4.84. The summed E-state index contributed by atoms with van der Waals surface area (Å²) >= 11 is 6.08. The second kappa shape index (κ2) is 7.14. The Labute approximate surface area is 129 Å². The van der Waals surface area contributed by atoms with Crippen molar-refractivity contribution in [3.63, 3.8) is 0 Å². The molecular formula is C17H18ClNO2. The highest BCUT2D eigenvalue weighted by molar-refractivity contribution is 6.33. The Kier molecular flexibility index (Phi) is 5.23. The summed E-state index contributed by atoms with van der Waals surface area (Å²) in [6.45, 7) is 2.51. The van der Waals surface area contributed by atoms with Crippen molar-refractivity contribution in [2.45, 2.75) is 13.3 Å². The van der Waals surface area contributed by atoms with Gasteiger partial charge in [0.15, 0.2) is 0 Å². The van der Waals surface area contributed by atoms with Crippen molar-refractivity contribution in [1.29, 1.82) is 0 Å². The minimum Gasteiger partial charge on any atom is -0.497 e. The molecule has 1 N–H and O–H groups in total. The van der Waals surface area contributed by atoms with Crippen molar-refractivity contribution in [3.05, 3.63) is 64.2 Å². The predicted molar refractivity (Wildman–Crippen MR) is 85.2 cm³/mol. The maximum atomic E-state index is 12.1. The number of aryl methyl sites for hydroxylation is 1. The maximum Gasteiger partial charge on any atom is 0.252 e. The van der Waals surface area contributed by atoms with Crippen LogP contribution in [-0.4, -0.2) is 19.6 Å². The molecule has 0 radical (unpaired) electrons. The van der Waals surface area contributed by atoms with Gasteiger partial charge in [0.1, 0.15) is 5.75 Å². The highest BCUT2D eigenvalue weighted by Crippen LogP contribution is 2.17. The van der Waals surface area contributed by atoms with E-state index in [1.165, 1.54) is 0 Å². The molecule has 0 aromatic heterocycles. The number of nitrogens with one attached hydrogen (secondary N) is 1. The van der Waals surface area contributed by atoms with Gasteiger partial charge in [0.25, 0.3) is 5.91 Å². The van der Waals surface area contributed by atoms with Crippen LogP contribution in [0.25, 0.3) is 0 Å². The molecule has 0 fully saturated rings. The van der Waals surface area contributed by atoms with Crippen molar-refractivity contribution < 1.29 is 9.53 Å². The summed E-state index contributed by atoms with van der Waals surface area (Å²) in [7, 11) is 1.64. The van der Waals surface area contributed by atoms with E-state index < -0.39 is 0 Å². The van der Waals surface area contributed by atoms with Crippen LogP contribution in [0.1, 0.15) is 21.5 Å². The van der Waals surface area contributed by atoms with E-state index in [2.05, 4.69) is 5.32 Å². The monoisotopic (exact) mass is 303 g/mol. The lowest BCUT2D eigenvalue weighted by Gasteiger charge is -2.08. The average molecular weight is 304 g/mol. The van der Waals surface area contributed by atoms with Gasteiger partial charge in [0, 0.05) is 6.54 Å². The third-order valence-electron chi connectivity index (χ3n) is 3.23. The van der Waals surface area contributed by atoms with Gasteiger partial charge in [-0.2, -0.15) is 0 Å². The van der Waals surface area contributed by atoms with E-state index in [0.717, 1.165) is 23.3 Å². The number of carbonyl (C=O) groups is 1. The number of halogens is 1. The van der Waals surface area contributed by atoms with Crippen molar-refractivity contribution >= 4 is 17.5 Å². The first-order valence-electron chi connectivity index (χ1n) is 6.77. The number of carbonyl (C=O) groups excluding carboxylic acids is 1. The van der Waals surface area contributed by atoms with Gasteiger partial charge in [-0.25, -0.2) is 0 Å². The average Bonchev–Trinajstić information content (AvgIpc) is 2.47. The largest absolute Gasteiger partial charge is 0.497 e. The van der Waals surface area contributed by atoms with Crippen molar-refractivity contribution in [3.8, 4) is 5.75 Å². The van der Waals surface area contributed by atoms with Gasteiger partial charge in [0.05, 0.1) is 17.7 Å². The summed E-state index contributed by atoms with van der Waals surface area (Å²) in [6, 6.07) is 13.2. The number of rotatable bonds is 5. The Bertz CT molecular complexity index is 623. The van der Waals surface area contributed by atoms with Gasteiger partial charge in [0.2, 0.25) is 0 Å².